The summed E-state index contributed by atoms with van der Waals surface area (Å²) in [7, 11) is 0. The topological polar surface area (TPSA) is 12.0 Å². The number of hydrogen-bond acceptors (Lipinski definition) is 1. The van der Waals surface area contributed by atoms with E-state index >= 15 is 0 Å². The van der Waals surface area contributed by atoms with E-state index in [9.17, 15) is 0 Å². The summed E-state index contributed by atoms with van der Waals surface area (Å²) >= 11 is 0. The summed E-state index contributed by atoms with van der Waals surface area (Å²) in [5.74, 6) is 0. The van der Waals surface area contributed by atoms with E-state index in [2.05, 4.69) is 79.8 Å². The first-order valence-electron chi connectivity index (χ1n) is 7.53. The Morgan fingerprint density at radius 1 is 0.952 bits per heavy atom. The molecule has 0 saturated carbocycles. The lowest BCUT2D eigenvalue weighted by atomic mass is 9.93. The number of para-hydroxylation sites is 1. The molecule has 106 valence electrons. The lowest BCUT2D eigenvalue weighted by Crippen LogP contribution is -2.09. The van der Waals surface area contributed by atoms with Crippen LogP contribution < -0.4 is 5.32 Å². The third-order valence-corrected chi connectivity index (χ3v) is 4.08. The van der Waals surface area contributed by atoms with Gasteiger partial charge in [-0.1, -0.05) is 54.6 Å². The molecule has 1 aliphatic carbocycles. The molecule has 21 heavy (non-hydrogen) atoms. The SMILES string of the molecule is CC1=C(c2ccccc2C(C)Nc2ccccc2)CC=C1. The summed E-state index contributed by atoms with van der Waals surface area (Å²) in [6.45, 7) is 4.43. The molecule has 0 heterocycles. The summed E-state index contributed by atoms with van der Waals surface area (Å²) in [4.78, 5) is 0. The van der Waals surface area contributed by atoms with Gasteiger partial charge in [0.05, 0.1) is 0 Å². The van der Waals surface area contributed by atoms with Crippen LogP contribution in [0.2, 0.25) is 0 Å². The molecule has 0 saturated heterocycles. The van der Waals surface area contributed by atoms with Gasteiger partial charge in [-0.25, -0.2) is 0 Å². The second-order valence-electron chi connectivity index (χ2n) is 5.59. The Kier molecular flexibility index (Phi) is 3.92. The van der Waals surface area contributed by atoms with Crippen molar-refractivity contribution in [3.63, 3.8) is 0 Å². The molecule has 1 atom stereocenters. The Bertz CT molecular complexity index is 680. The number of hydrogen-bond donors (Lipinski definition) is 1. The van der Waals surface area contributed by atoms with E-state index < -0.39 is 0 Å². The number of benzene rings is 2. The van der Waals surface area contributed by atoms with Gasteiger partial charge >= 0.3 is 0 Å². The third kappa shape index (κ3) is 2.92. The summed E-state index contributed by atoms with van der Waals surface area (Å²) in [6, 6.07) is 19.4. The van der Waals surface area contributed by atoms with Crippen LogP contribution in [0.15, 0.2) is 72.3 Å². The fraction of sp³-hybridized carbons (Fsp3) is 0.200. The Balaban J connectivity index is 1.90. The number of rotatable bonds is 4. The summed E-state index contributed by atoms with van der Waals surface area (Å²) < 4.78 is 0. The van der Waals surface area contributed by atoms with E-state index in [-0.39, 0.29) is 6.04 Å². The van der Waals surface area contributed by atoms with Gasteiger partial charge in [-0.3, -0.25) is 0 Å². The molecule has 0 bridgehead atoms. The molecular formula is C20H21N. The monoisotopic (exact) mass is 275 g/mol. The minimum atomic E-state index is 0.282. The molecule has 2 aromatic rings. The summed E-state index contributed by atoms with van der Waals surface area (Å²) in [5, 5.41) is 3.59. The van der Waals surface area contributed by atoms with Gasteiger partial charge < -0.3 is 5.32 Å². The van der Waals surface area contributed by atoms with Gasteiger partial charge in [-0.2, -0.15) is 0 Å². The van der Waals surface area contributed by atoms with E-state index in [0.717, 1.165) is 12.1 Å². The molecule has 1 nitrogen and oxygen atoms in total. The Morgan fingerprint density at radius 2 is 1.67 bits per heavy atom. The Labute approximate surface area is 127 Å². The molecule has 0 aromatic heterocycles. The molecule has 1 aliphatic rings. The van der Waals surface area contributed by atoms with Crippen molar-refractivity contribution in [1.82, 2.24) is 0 Å². The van der Waals surface area contributed by atoms with Crippen LogP contribution in [0.5, 0.6) is 0 Å². The zero-order valence-corrected chi connectivity index (χ0v) is 12.6. The predicted octanol–water partition coefficient (Wildman–Crippen LogP) is 5.59. The van der Waals surface area contributed by atoms with Crippen LogP contribution in [0.1, 0.15) is 37.4 Å². The molecular weight excluding hydrogens is 254 g/mol. The molecule has 1 heteroatoms. The maximum atomic E-state index is 3.59. The largest absolute Gasteiger partial charge is 0.378 e. The molecule has 3 rings (SSSR count). The van der Waals surface area contributed by atoms with Crippen molar-refractivity contribution >= 4 is 11.3 Å². The van der Waals surface area contributed by atoms with Crippen LogP contribution in [0, 0.1) is 0 Å². The molecule has 0 spiro atoms. The first-order chi connectivity index (χ1) is 10.3. The average molecular weight is 275 g/mol. The molecule has 0 fully saturated rings. The van der Waals surface area contributed by atoms with E-state index in [4.69, 9.17) is 0 Å². The molecule has 1 N–H and O–H groups in total. The Morgan fingerprint density at radius 3 is 2.38 bits per heavy atom. The van der Waals surface area contributed by atoms with Crippen molar-refractivity contribution in [3.8, 4) is 0 Å². The Hall–Kier alpha value is -2.28. The van der Waals surface area contributed by atoms with Crippen molar-refractivity contribution < 1.29 is 0 Å². The van der Waals surface area contributed by atoms with Crippen molar-refractivity contribution in [2.45, 2.75) is 26.3 Å². The number of nitrogens with one attached hydrogen (secondary N) is 1. The van der Waals surface area contributed by atoms with Crippen molar-refractivity contribution in [1.29, 1.82) is 0 Å². The smallest absolute Gasteiger partial charge is 0.0491 e. The van der Waals surface area contributed by atoms with Gasteiger partial charge in [0.25, 0.3) is 0 Å². The third-order valence-electron chi connectivity index (χ3n) is 4.08. The summed E-state index contributed by atoms with van der Waals surface area (Å²) in [5.41, 5.74) is 6.73. The van der Waals surface area contributed by atoms with Crippen molar-refractivity contribution in [3.05, 3.63) is 83.4 Å². The van der Waals surface area contributed by atoms with Gasteiger partial charge in [0.2, 0.25) is 0 Å². The standard InChI is InChI=1S/C20H21N/c1-15-9-8-14-18(15)20-13-7-6-12-19(20)16(2)21-17-10-4-3-5-11-17/h3-13,16,21H,14H2,1-2H3. The van der Waals surface area contributed by atoms with E-state index in [1.165, 1.54) is 22.3 Å². The lowest BCUT2D eigenvalue weighted by molar-refractivity contribution is 0.879. The fourth-order valence-electron chi connectivity index (χ4n) is 2.95. The molecule has 1 unspecified atom stereocenters. The highest BCUT2D eigenvalue weighted by molar-refractivity contribution is 5.76. The van der Waals surface area contributed by atoms with Gasteiger partial charge in [-0.15, -0.1) is 0 Å². The number of allylic oxidation sites excluding steroid dienone is 4. The van der Waals surface area contributed by atoms with Crippen molar-refractivity contribution in [2.24, 2.45) is 0 Å². The first kappa shape index (κ1) is 13.7. The quantitative estimate of drug-likeness (QED) is 0.766. The maximum absolute atomic E-state index is 3.59. The average Bonchev–Trinajstić information content (AvgIpc) is 2.94. The van der Waals surface area contributed by atoms with Gasteiger partial charge in [0, 0.05) is 11.7 Å². The molecule has 0 aliphatic heterocycles. The highest BCUT2D eigenvalue weighted by atomic mass is 14.9. The zero-order valence-electron chi connectivity index (χ0n) is 12.6. The van der Waals surface area contributed by atoms with Crippen LogP contribution in [0.3, 0.4) is 0 Å². The molecule has 2 aromatic carbocycles. The van der Waals surface area contributed by atoms with E-state index in [1.807, 2.05) is 6.07 Å². The van der Waals surface area contributed by atoms with Gasteiger partial charge in [-0.05, 0) is 54.7 Å². The molecule has 0 radical (unpaired) electrons. The van der Waals surface area contributed by atoms with Crippen LogP contribution in [0.25, 0.3) is 5.57 Å². The zero-order chi connectivity index (χ0) is 14.7. The predicted molar refractivity (Wildman–Crippen MR) is 91.3 cm³/mol. The highest BCUT2D eigenvalue weighted by Gasteiger charge is 2.15. The van der Waals surface area contributed by atoms with Crippen molar-refractivity contribution in [2.75, 3.05) is 5.32 Å². The second kappa shape index (κ2) is 6.01. The number of anilines is 1. The van der Waals surface area contributed by atoms with Crippen LogP contribution in [-0.4, -0.2) is 0 Å². The second-order valence-corrected chi connectivity index (χ2v) is 5.59. The van der Waals surface area contributed by atoms with Gasteiger partial charge in [0.1, 0.15) is 0 Å². The maximum Gasteiger partial charge on any atom is 0.0491 e. The fourth-order valence-corrected chi connectivity index (χ4v) is 2.95. The minimum Gasteiger partial charge on any atom is -0.378 e. The lowest BCUT2D eigenvalue weighted by Gasteiger charge is -2.20. The normalized spacial score (nSPS) is 15.3. The van der Waals surface area contributed by atoms with Crippen LogP contribution >= 0.6 is 0 Å². The van der Waals surface area contributed by atoms with Crippen LogP contribution in [-0.2, 0) is 0 Å². The molecule has 0 amide bonds. The van der Waals surface area contributed by atoms with E-state index in [0.29, 0.717) is 0 Å². The highest BCUT2D eigenvalue weighted by Crippen LogP contribution is 2.34. The van der Waals surface area contributed by atoms with E-state index in [1.54, 1.807) is 0 Å². The first-order valence-corrected chi connectivity index (χ1v) is 7.53. The minimum absolute atomic E-state index is 0.282. The van der Waals surface area contributed by atoms with Crippen LogP contribution in [0.4, 0.5) is 5.69 Å². The summed E-state index contributed by atoms with van der Waals surface area (Å²) in [6.07, 6.45) is 5.51. The van der Waals surface area contributed by atoms with Gasteiger partial charge in [0.15, 0.2) is 0 Å².